The molecule has 0 aliphatic heterocycles. The van der Waals surface area contributed by atoms with Gasteiger partial charge in [-0.3, -0.25) is 14.8 Å². The molecule has 2 heterocycles. The Morgan fingerprint density at radius 2 is 2.47 bits per heavy atom. The molecule has 0 aliphatic rings. The van der Waals surface area contributed by atoms with Crippen LogP contribution in [-0.4, -0.2) is 14.7 Å². The van der Waals surface area contributed by atoms with Crippen LogP contribution in [-0.2, 0) is 6.54 Å². The molecule has 0 aliphatic carbocycles. The summed E-state index contributed by atoms with van der Waals surface area (Å²) >= 11 is 3.31. The molecule has 0 radical (unpaired) electrons. The Morgan fingerprint density at radius 1 is 1.67 bits per heavy atom. The van der Waals surface area contributed by atoms with Crippen LogP contribution in [0.25, 0.3) is 0 Å². The number of rotatable bonds is 3. The first kappa shape index (κ1) is 10.6. The summed E-state index contributed by atoms with van der Waals surface area (Å²) in [4.78, 5) is 10.1. The van der Waals surface area contributed by atoms with E-state index in [2.05, 4.69) is 27.7 Å². The minimum atomic E-state index is -0.374. The summed E-state index contributed by atoms with van der Waals surface area (Å²) in [6.07, 6.45) is 3.64. The van der Waals surface area contributed by atoms with Crippen molar-refractivity contribution in [2.45, 2.75) is 6.54 Å². The van der Waals surface area contributed by atoms with E-state index >= 15 is 0 Å². The Hall–Kier alpha value is -0.960. The topological polar surface area (TPSA) is 61.0 Å². The zero-order chi connectivity index (χ0) is 10.8. The fraction of sp³-hybridized carbons (Fsp3) is 0.125. The number of nitrogens with zero attached hydrogens (tertiary/aromatic N) is 3. The van der Waals surface area contributed by atoms with Gasteiger partial charge < -0.3 is 0 Å². The number of hydrogen-bond donors (Lipinski definition) is 0. The Labute approximate surface area is 103 Å². The lowest BCUT2D eigenvalue weighted by Crippen LogP contribution is -1.98. The predicted molar refractivity (Wildman–Crippen MR) is 65.0 cm³/mol. The third kappa shape index (κ3) is 2.53. The van der Waals surface area contributed by atoms with Crippen molar-refractivity contribution in [2.75, 3.05) is 0 Å². The maximum absolute atomic E-state index is 10.5. The van der Waals surface area contributed by atoms with E-state index in [1.807, 2.05) is 6.20 Å². The van der Waals surface area contributed by atoms with Crippen LogP contribution < -0.4 is 0 Å². The molecule has 0 unspecified atom stereocenters. The van der Waals surface area contributed by atoms with E-state index in [-0.39, 0.29) is 9.92 Å². The van der Waals surface area contributed by atoms with Crippen molar-refractivity contribution in [3.8, 4) is 0 Å². The van der Waals surface area contributed by atoms with Crippen LogP contribution in [0.3, 0.4) is 0 Å². The highest BCUT2D eigenvalue weighted by Gasteiger charge is 2.09. The second kappa shape index (κ2) is 4.27. The molecular formula is C8H6IN3O2S. The molecule has 15 heavy (non-hydrogen) atoms. The molecule has 0 fully saturated rings. The number of hydrogen-bond acceptors (Lipinski definition) is 4. The standard InChI is InChI=1S/C8H6IN3O2S/c9-7-2-10-11(4-7)3-6-1-8(12(13)14)15-5-6/h1-2,4-5H,3H2. The molecule has 2 rings (SSSR count). The first-order valence-electron chi connectivity index (χ1n) is 4.05. The molecular weight excluding hydrogens is 329 g/mol. The van der Waals surface area contributed by atoms with E-state index in [1.54, 1.807) is 22.3 Å². The van der Waals surface area contributed by atoms with Gasteiger partial charge >= 0.3 is 5.00 Å². The quantitative estimate of drug-likeness (QED) is 0.492. The van der Waals surface area contributed by atoms with Crippen molar-refractivity contribution < 1.29 is 4.92 Å². The lowest BCUT2D eigenvalue weighted by Gasteiger charge is -1.95. The van der Waals surface area contributed by atoms with Gasteiger partial charge in [0.2, 0.25) is 0 Å². The average molecular weight is 335 g/mol. The van der Waals surface area contributed by atoms with Crippen LogP contribution in [0.2, 0.25) is 0 Å². The van der Waals surface area contributed by atoms with Crippen LogP contribution in [0.4, 0.5) is 5.00 Å². The zero-order valence-corrected chi connectivity index (χ0v) is 10.4. The maximum atomic E-state index is 10.5. The molecule has 0 amide bonds. The highest BCUT2D eigenvalue weighted by Crippen LogP contribution is 2.23. The highest BCUT2D eigenvalue weighted by molar-refractivity contribution is 14.1. The van der Waals surface area contributed by atoms with Gasteiger partial charge in [-0.2, -0.15) is 5.10 Å². The van der Waals surface area contributed by atoms with Gasteiger partial charge in [-0.1, -0.05) is 11.3 Å². The second-order valence-corrected chi connectivity index (χ2v) is 5.04. The van der Waals surface area contributed by atoms with Crippen molar-refractivity contribution in [3.63, 3.8) is 0 Å². The molecule has 0 bridgehead atoms. The Bertz CT molecular complexity index is 494. The largest absolute Gasteiger partial charge is 0.324 e. The summed E-state index contributed by atoms with van der Waals surface area (Å²) in [7, 11) is 0. The minimum absolute atomic E-state index is 0.173. The first-order chi connectivity index (χ1) is 7.15. The summed E-state index contributed by atoms with van der Waals surface area (Å²) < 4.78 is 2.81. The van der Waals surface area contributed by atoms with Gasteiger partial charge in [0.15, 0.2) is 0 Å². The molecule has 0 N–H and O–H groups in total. The van der Waals surface area contributed by atoms with E-state index in [4.69, 9.17) is 0 Å². The molecule has 0 saturated heterocycles. The second-order valence-electron chi connectivity index (χ2n) is 2.91. The number of thiophene rings is 1. The van der Waals surface area contributed by atoms with Crippen LogP contribution >= 0.6 is 33.9 Å². The van der Waals surface area contributed by atoms with Crippen LogP contribution in [0.1, 0.15) is 5.56 Å². The molecule has 2 aromatic rings. The van der Waals surface area contributed by atoms with Gasteiger partial charge in [0.1, 0.15) is 0 Å². The van der Waals surface area contributed by atoms with Crippen molar-refractivity contribution in [1.82, 2.24) is 9.78 Å². The third-order valence-electron chi connectivity index (χ3n) is 1.77. The Kier molecular flexibility index (Phi) is 3.00. The summed E-state index contributed by atoms with van der Waals surface area (Å²) in [5, 5.41) is 16.5. The van der Waals surface area contributed by atoms with E-state index < -0.39 is 0 Å². The molecule has 78 valence electrons. The van der Waals surface area contributed by atoms with Crippen LogP contribution in [0.15, 0.2) is 23.8 Å². The fourth-order valence-electron chi connectivity index (χ4n) is 1.15. The molecule has 5 nitrogen and oxygen atoms in total. The van der Waals surface area contributed by atoms with Crippen LogP contribution in [0.5, 0.6) is 0 Å². The lowest BCUT2D eigenvalue weighted by atomic mass is 10.3. The normalized spacial score (nSPS) is 10.5. The highest BCUT2D eigenvalue weighted by atomic mass is 127. The average Bonchev–Trinajstić information content (AvgIpc) is 2.76. The molecule has 0 saturated carbocycles. The number of nitro groups is 1. The molecule has 2 aromatic heterocycles. The van der Waals surface area contributed by atoms with Crippen molar-refractivity contribution >= 4 is 38.9 Å². The van der Waals surface area contributed by atoms with Gasteiger partial charge in [-0.15, -0.1) is 0 Å². The maximum Gasteiger partial charge on any atom is 0.324 e. The van der Waals surface area contributed by atoms with E-state index in [9.17, 15) is 10.1 Å². The van der Waals surface area contributed by atoms with Gasteiger partial charge in [0, 0.05) is 17.6 Å². The van der Waals surface area contributed by atoms with Gasteiger partial charge in [-0.25, -0.2) is 0 Å². The van der Waals surface area contributed by atoms with E-state index in [0.29, 0.717) is 6.54 Å². The number of aromatic nitrogens is 2. The SMILES string of the molecule is O=[N+]([O-])c1cc(Cn2cc(I)cn2)cs1. The third-order valence-corrected chi connectivity index (χ3v) is 3.25. The van der Waals surface area contributed by atoms with Crippen molar-refractivity contribution in [2.24, 2.45) is 0 Å². The predicted octanol–water partition coefficient (Wildman–Crippen LogP) is 2.51. The summed E-state index contributed by atoms with van der Waals surface area (Å²) in [5.41, 5.74) is 0.909. The zero-order valence-electron chi connectivity index (χ0n) is 7.46. The molecule has 7 heteroatoms. The van der Waals surface area contributed by atoms with Gasteiger partial charge in [-0.05, 0) is 28.2 Å². The molecule has 0 aromatic carbocycles. The lowest BCUT2D eigenvalue weighted by molar-refractivity contribution is -0.380. The van der Waals surface area contributed by atoms with Gasteiger partial charge in [0.05, 0.1) is 21.2 Å². The van der Waals surface area contributed by atoms with Crippen molar-refractivity contribution in [3.05, 3.63) is 43.1 Å². The summed E-state index contributed by atoms with van der Waals surface area (Å²) in [6.45, 7) is 0.577. The summed E-state index contributed by atoms with van der Waals surface area (Å²) in [5.74, 6) is 0. The smallest absolute Gasteiger partial charge is 0.267 e. The van der Waals surface area contributed by atoms with E-state index in [0.717, 1.165) is 20.5 Å². The van der Waals surface area contributed by atoms with Crippen LogP contribution in [0, 0.1) is 13.7 Å². The minimum Gasteiger partial charge on any atom is -0.267 e. The first-order valence-corrected chi connectivity index (χ1v) is 6.01. The van der Waals surface area contributed by atoms with E-state index in [1.165, 1.54) is 0 Å². The fourth-order valence-corrected chi connectivity index (χ4v) is 2.32. The molecule has 0 spiro atoms. The summed E-state index contributed by atoms with van der Waals surface area (Å²) in [6, 6.07) is 1.58. The Morgan fingerprint density at radius 3 is 3.00 bits per heavy atom. The Balaban J connectivity index is 2.14. The molecule has 0 atom stereocenters. The number of halogens is 1. The van der Waals surface area contributed by atoms with Crippen molar-refractivity contribution in [1.29, 1.82) is 0 Å². The van der Waals surface area contributed by atoms with Gasteiger partial charge in [0.25, 0.3) is 0 Å². The monoisotopic (exact) mass is 335 g/mol.